The Labute approximate surface area is 119 Å². The molecule has 0 amide bonds. The van der Waals surface area contributed by atoms with Gasteiger partial charge in [-0.25, -0.2) is 0 Å². The van der Waals surface area contributed by atoms with E-state index in [4.69, 9.17) is 10.5 Å². The molecule has 1 aromatic rings. The van der Waals surface area contributed by atoms with Gasteiger partial charge in [-0.3, -0.25) is 0 Å². The lowest BCUT2D eigenvalue weighted by Crippen LogP contribution is -2.21. The molecule has 2 N–H and O–H groups in total. The second-order valence-corrected chi connectivity index (χ2v) is 5.92. The summed E-state index contributed by atoms with van der Waals surface area (Å²) in [5.41, 5.74) is 7.15. The van der Waals surface area contributed by atoms with Crippen LogP contribution in [0.5, 0.6) is 5.75 Å². The highest BCUT2D eigenvalue weighted by Crippen LogP contribution is 2.27. The van der Waals surface area contributed by atoms with Crippen molar-refractivity contribution >= 4 is 31.9 Å². The molecule has 1 atom stereocenters. The van der Waals surface area contributed by atoms with Crippen LogP contribution in [0.25, 0.3) is 0 Å². The molecule has 0 saturated heterocycles. The fourth-order valence-corrected chi connectivity index (χ4v) is 2.05. The van der Waals surface area contributed by atoms with Gasteiger partial charge >= 0.3 is 0 Å². The van der Waals surface area contributed by atoms with Crippen molar-refractivity contribution in [3.05, 3.63) is 39.3 Å². The first-order chi connectivity index (χ1) is 8.02. The van der Waals surface area contributed by atoms with E-state index in [0.29, 0.717) is 6.61 Å². The molecule has 0 bridgehead atoms. The zero-order chi connectivity index (χ0) is 12.8. The maximum absolute atomic E-state index is 5.93. The number of benzene rings is 1. The average Bonchev–Trinajstić information content (AvgIpc) is 2.27. The van der Waals surface area contributed by atoms with E-state index in [1.807, 2.05) is 12.1 Å². The number of nitrogens with two attached hydrogens (primary N) is 1. The van der Waals surface area contributed by atoms with Crippen molar-refractivity contribution in [2.75, 3.05) is 6.61 Å². The Morgan fingerprint density at radius 2 is 2.24 bits per heavy atom. The molecular weight excluding hydrogens is 346 g/mol. The van der Waals surface area contributed by atoms with Crippen LogP contribution in [-0.4, -0.2) is 12.6 Å². The number of hydrogen-bond acceptors (Lipinski definition) is 2. The minimum atomic E-state index is 0.219. The van der Waals surface area contributed by atoms with Gasteiger partial charge in [0.25, 0.3) is 0 Å². The number of rotatable bonds is 6. The van der Waals surface area contributed by atoms with Crippen LogP contribution in [0.1, 0.15) is 18.9 Å². The van der Waals surface area contributed by atoms with Crippen molar-refractivity contribution in [3.8, 4) is 5.75 Å². The predicted molar refractivity (Wildman–Crippen MR) is 79.7 cm³/mol. The quantitative estimate of drug-likeness (QED) is 0.829. The second kappa shape index (κ2) is 7.19. The lowest BCUT2D eigenvalue weighted by Gasteiger charge is -2.11. The first kappa shape index (κ1) is 14.7. The second-order valence-electron chi connectivity index (χ2n) is 3.94. The predicted octanol–water partition coefficient (Wildman–Crippen LogP) is 4.02. The van der Waals surface area contributed by atoms with Crippen LogP contribution in [0, 0.1) is 0 Å². The Hall–Kier alpha value is -0.320. The van der Waals surface area contributed by atoms with Gasteiger partial charge in [0.2, 0.25) is 0 Å². The molecule has 0 spiro atoms. The largest absolute Gasteiger partial charge is 0.487 e. The lowest BCUT2D eigenvalue weighted by molar-refractivity contribution is 0.358. The molecule has 1 rings (SSSR count). The smallest absolute Gasteiger partial charge is 0.134 e. The number of halogens is 2. The SMILES string of the molecule is C=C(Br)COc1ccc(CC(N)CC)cc1Br. The van der Waals surface area contributed by atoms with Gasteiger partial charge in [-0.15, -0.1) is 0 Å². The van der Waals surface area contributed by atoms with Gasteiger partial charge in [-0.05, 0) is 46.5 Å². The third-order valence-electron chi connectivity index (χ3n) is 2.40. The Morgan fingerprint density at radius 1 is 1.53 bits per heavy atom. The first-order valence-electron chi connectivity index (χ1n) is 5.53. The fraction of sp³-hybridized carbons (Fsp3) is 0.385. The van der Waals surface area contributed by atoms with E-state index in [9.17, 15) is 0 Å². The van der Waals surface area contributed by atoms with Crippen LogP contribution in [-0.2, 0) is 6.42 Å². The highest BCUT2D eigenvalue weighted by molar-refractivity contribution is 9.11. The monoisotopic (exact) mass is 361 g/mol. The molecule has 0 saturated carbocycles. The summed E-state index contributed by atoms with van der Waals surface area (Å²) in [4.78, 5) is 0. The van der Waals surface area contributed by atoms with E-state index in [0.717, 1.165) is 27.5 Å². The molecule has 1 unspecified atom stereocenters. The first-order valence-corrected chi connectivity index (χ1v) is 7.11. The molecule has 0 fully saturated rings. The van der Waals surface area contributed by atoms with Gasteiger partial charge in [0.15, 0.2) is 0 Å². The molecule has 1 aromatic carbocycles. The maximum atomic E-state index is 5.93. The van der Waals surface area contributed by atoms with Gasteiger partial charge in [0.1, 0.15) is 12.4 Å². The minimum Gasteiger partial charge on any atom is -0.487 e. The lowest BCUT2D eigenvalue weighted by atomic mass is 10.0. The van der Waals surface area contributed by atoms with Gasteiger partial charge < -0.3 is 10.5 Å². The van der Waals surface area contributed by atoms with Crippen molar-refractivity contribution in [2.45, 2.75) is 25.8 Å². The molecule has 4 heteroatoms. The normalized spacial score (nSPS) is 12.2. The Balaban J connectivity index is 2.68. The van der Waals surface area contributed by atoms with Crippen LogP contribution >= 0.6 is 31.9 Å². The summed E-state index contributed by atoms with van der Waals surface area (Å²) >= 11 is 6.76. The summed E-state index contributed by atoms with van der Waals surface area (Å²) in [6.07, 6.45) is 1.87. The van der Waals surface area contributed by atoms with Crippen LogP contribution in [0.3, 0.4) is 0 Å². The van der Waals surface area contributed by atoms with Crippen molar-refractivity contribution < 1.29 is 4.74 Å². The van der Waals surface area contributed by atoms with Gasteiger partial charge in [-0.1, -0.05) is 35.5 Å². The van der Waals surface area contributed by atoms with Crippen molar-refractivity contribution in [1.82, 2.24) is 0 Å². The summed E-state index contributed by atoms with van der Waals surface area (Å²) in [6, 6.07) is 6.28. The molecule has 17 heavy (non-hydrogen) atoms. The maximum Gasteiger partial charge on any atom is 0.134 e. The van der Waals surface area contributed by atoms with E-state index >= 15 is 0 Å². The minimum absolute atomic E-state index is 0.219. The molecule has 2 nitrogen and oxygen atoms in total. The van der Waals surface area contributed by atoms with Crippen molar-refractivity contribution in [3.63, 3.8) is 0 Å². The van der Waals surface area contributed by atoms with E-state index in [1.165, 1.54) is 5.56 Å². The van der Waals surface area contributed by atoms with Crippen molar-refractivity contribution in [2.24, 2.45) is 5.73 Å². The molecule has 0 heterocycles. The van der Waals surface area contributed by atoms with Crippen LogP contribution < -0.4 is 10.5 Å². The van der Waals surface area contributed by atoms with Gasteiger partial charge in [0, 0.05) is 10.5 Å². The van der Waals surface area contributed by atoms with E-state index < -0.39 is 0 Å². The molecule has 0 radical (unpaired) electrons. The highest BCUT2D eigenvalue weighted by atomic mass is 79.9. The highest BCUT2D eigenvalue weighted by Gasteiger charge is 2.06. The molecule has 0 aliphatic carbocycles. The summed E-state index contributed by atoms with van der Waals surface area (Å²) in [7, 11) is 0. The molecule has 94 valence electrons. The average molecular weight is 363 g/mol. The zero-order valence-electron chi connectivity index (χ0n) is 9.88. The van der Waals surface area contributed by atoms with Gasteiger partial charge in [0.05, 0.1) is 4.47 Å². The Kier molecular flexibility index (Phi) is 6.23. The molecule has 0 aliphatic rings. The Bertz CT molecular complexity index is 393. The summed E-state index contributed by atoms with van der Waals surface area (Å²) in [5, 5.41) is 0. The van der Waals surface area contributed by atoms with Gasteiger partial charge in [-0.2, -0.15) is 0 Å². The topological polar surface area (TPSA) is 35.2 Å². The summed E-state index contributed by atoms with van der Waals surface area (Å²) < 4.78 is 7.33. The van der Waals surface area contributed by atoms with Crippen molar-refractivity contribution in [1.29, 1.82) is 0 Å². The third kappa shape index (κ3) is 5.23. The third-order valence-corrected chi connectivity index (χ3v) is 3.25. The zero-order valence-corrected chi connectivity index (χ0v) is 13.1. The fourth-order valence-electron chi connectivity index (χ4n) is 1.39. The Morgan fingerprint density at radius 3 is 2.76 bits per heavy atom. The standard InChI is InChI=1S/C13H17Br2NO/c1-3-11(16)6-10-4-5-13(12(15)7-10)17-8-9(2)14/h4-5,7,11H,2-3,6,8,16H2,1H3. The summed E-state index contributed by atoms with van der Waals surface area (Å²) in [6.45, 7) is 6.29. The van der Waals surface area contributed by atoms with Crippen LogP contribution in [0.15, 0.2) is 33.7 Å². The molecule has 0 aliphatic heterocycles. The van der Waals surface area contributed by atoms with Crippen LogP contribution in [0.4, 0.5) is 0 Å². The van der Waals surface area contributed by atoms with E-state index in [-0.39, 0.29) is 6.04 Å². The van der Waals surface area contributed by atoms with E-state index in [1.54, 1.807) is 0 Å². The van der Waals surface area contributed by atoms with E-state index in [2.05, 4.69) is 51.4 Å². The number of ether oxygens (including phenoxy) is 1. The summed E-state index contributed by atoms with van der Waals surface area (Å²) in [5.74, 6) is 0.819. The molecular formula is C13H17Br2NO. The number of hydrogen-bond donors (Lipinski definition) is 1. The molecule has 0 aromatic heterocycles. The van der Waals surface area contributed by atoms with Crippen LogP contribution in [0.2, 0.25) is 0 Å².